The SMILES string of the molecule is NC(=O)C(NCc1ccncc1Cc1cccnc1)c1c(Cl)cccc1Cl. The number of pyridine rings is 2. The average Bonchev–Trinajstić information content (AvgIpc) is 2.66. The fourth-order valence-corrected chi connectivity index (χ4v) is 3.47. The molecule has 138 valence electrons. The molecule has 1 atom stereocenters. The van der Waals surface area contributed by atoms with E-state index in [0.29, 0.717) is 28.6 Å². The summed E-state index contributed by atoms with van der Waals surface area (Å²) in [6.07, 6.45) is 7.77. The molecule has 2 aromatic heterocycles. The van der Waals surface area contributed by atoms with Crippen molar-refractivity contribution in [3.8, 4) is 0 Å². The van der Waals surface area contributed by atoms with Gasteiger partial charge >= 0.3 is 0 Å². The number of nitrogens with two attached hydrogens (primary N) is 1. The highest BCUT2D eigenvalue weighted by atomic mass is 35.5. The van der Waals surface area contributed by atoms with Gasteiger partial charge in [0.05, 0.1) is 0 Å². The molecule has 1 aromatic carbocycles. The highest BCUT2D eigenvalue weighted by Gasteiger charge is 2.23. The van der Waals surface area contributed by atoms with Gasteiger partial charge in [0.25, 0.3) is 0 Å². The van der Waals surface area contributed by atoms with Crippen molar-refractivity contribution in [3.05, 3.63) is 93.5 Å². The van der Waals surface area contributed by atoms with E-state index in [1.165, 1.54) is 0 Å². The van der Waals surface area contributed by atoms with Gasteiger partial charge in [0.15, 0.2) is 0 Å². The average molecular weight is 401 g/mol. The summed E-state index contributed by atoms with van der Waals surface area (Å²) in [5.41, 5.74) is 9.19. The van der Waals surface area contributed by atoms with Crippen molar-refractivity contribution in [3.63, 3.8) is 0 Å². The quantitative estimate of drug-likeness (QED) is 0.633. The van der Waals surface area contributed by atoms with E-state index in [0.717, 1.165) is 16.7 Å². The maximum Gasteiger partial charge on any atom is 0.239 e. The molecule has 0 aliphatic heterocycles. The molecule has 0 aliphatic rings. The number of nitrogens with zero attached hydrogens (tertiary/aromatic N) is 2. The summed E-state index contributed by atoms with van der Waals surface area (Å²) in [5.74, 6) is -0.548. The minimum Gasteiger partial charge on any atom is -0.368 e. The minimum atomic E-state index is -0.800. The molecule has 0 bridgehead atoms. The molecule has 3 N–H and O–H groups in total. The summed E-state index contributed by atoms with van der Waals surface area (Å²) >= 11 is 12.5. The van der Waals surface area contributed by atoms with Crippen molar-refractivity contribution in [2.75, 3.05) is 0 Å². The maximum absolute atomic E-state index is 12.0. The predicted molar refractivity (Wildman–Crippen MR) is 107 cm³/mol. The van der Waals surface area contributed by atoms with Gasteiger partial charge in [-0.15, -0.1) is 0 Å². The molecular weight excluding hydrogens is 383 g/mol. The molecule has 0 saturated carbocycles. The van der Waals surface area contributed by atoms with Crippen LogP contribution in [0.1, 0.15) is 28.3 Å². The zero-order valence-electron chi connectivity index (χ0n) is 14.4. The zero-order valence-corrected chi connectivity index (χ0v) is 15.9. The van der Waals surface area contributed by atoms with Crippen molar-refractivity contribution in [1.29, 1.82) is 0 Å². The maximum atomic E-state index is 12.0. The van der Waals surface area contributed by atoms with Crippen LogP contribution in [-0.4, -0.2) is 15.9 Å². The molecule has 5 nitrogen and oxygen atoms in total. The predicted octanol–water partition coefficient (Wildman–Crippen LogP) is 3.69. The molecule has 1 amide bonds. The third-order valence-corrected chi connectivity index (χ3v) is 4.85. The van der Waals surface area contributed by atoms with Crippen LogP contribution in [0.2, 0.25) is 10.0 Å². The topological polar surface area (TPSA) is 80.9 Å². The number of nitrogens with one attached hydrogen (secondary N) is 1. The summed E-state index contributed by atoms with van der Waals surface area (Å²) in [4.78, 5) is 20.4. The molecule has 0 radical (unpaired) electrons. The van der Waals surface area contributed by atoms with Gasteiger partial charge in [0.1, 0.15) is 6.04 Å². The summed E-state index contributed by atoms with van der Waals surface area (Å²) in [6.45, 7) is 0.410. The Kier molecular flexibility index (Phi) is 6.40. The van der Waals surface area contributed by atoms with Crippen LogP contribution >= 0.6 is 23.2 Å². The lowest BCUT2D eigenvalue weighted by Gasteiger charge is -2.19. The van der Waals surface area contributed by atoms with Crippen LogP contribution in [0.15, 0.2) is 61.2 Å². The molecule has 27 heavy (non-hydrogen) atoms. The number of hydrogen-bond donors (Lipinski definition) is 2. The number of hydrogen-bond acceptors (Lipinski definition) is 4. The van der Waals surface area contributed by atoms with E-state index in [-0.39, 0.29) is 0 Å². The van der Waals surface area contributed by atoms with E-state index in [4.69, 9.17) is 28.9 Å². The number of halogens is 2. The number of carbonyl (C=O) groups is 1. The third-order valence-electron chi connectivity index (χ3n) is 4.19. The Bertz CT molecular complexity index is 914. The minimum absolute atomic E-state index is 0.393. The Hall–Kier alpha value is -2.47. The Labute approximate surface area is 167 Å². The first kappa shape index (κ1) is 19.3. The van der Waals surface area contributed by atoms with Gasteiger partial charge < -0.3 is 5.73 Å². The van der Waals surface area contributed by atoms with Crippen molar-refractivity contribution >= 4 is 29.1 Å². The molecule has 0 fully saturated rings. The molecule has 3 rings (SSSR count). The molecule has 0 saturated heterocycles. The van der Waals surface area contributed by atoms with Crippen LogP contribution in [-0.2, 0) is 17.8 Å². The molecule has 2 heterocycles. The summed E-state index contributed by atoms with van der Waals surface area (Å²) in [6, 6.07) is 10.1. The Balaban J connectivity index is 1.82. The van der Waals surface area contributed by atoms with Crippen LogP contribution in [0.25, 0.3) is 0 Å². The third kappa shape index (κ3) is 4.83. The molecular formula is C20H18Cl2N4O. The van der Waals surface area contributed by atoms with Gasteiger partial charge in [0, 0.05) is 53.4 Å². The summed E-state index contributed by atoms with van der Waals surface area (Å²) in [5, 5.41) is 3.96. The molecule has 3 aromatic rings. The largest absolute Gasteiger partial charge is 0.368 e. The summed E-state index contributed by atoms with van der Waals surface area (Å²) < 4.78 is 0. The van der Waals surface area contributed by atoms with Crippen molar-refractivity contribution in [2.45, 2.75) is 19.0 Å². The molecule has 0 aliphatic carbocycles. The van der Waals surface area contributed by atoms with Gasteiger partial charge in [-0.3, -0.25) is 20.1 Å². The molecule has 0 spiro atoms. The standard InChI is InChI=1S/C20H18Cl2N4O/c21-16-4-1-5-17(22)18(16)19(20(23)27)26-12-14-6-8-25-11-15(14)9-13-3-2-7-24-10-13/h1-8,10-11,19,26H,9,12H2,(H2,23,27). The molecule has 7 heteroatoms. The number of carbonyl (C=O) groups excluding carboxylic acids is 1. The van der Waals surface area contributed by atoms with Gasteiger partial charge in [0.2, 0.25) is 5.91 Å². The lowest BCUT2D eigenvalue weighted by Crippen LogP contribution is -2.34. The lowest BCUT2D eigenvalue weighted by atomic mass is 10.0. The van der Waals surface area contributed by atoms with E-state index < -0.39 is 11.9 Å². The number of amides is 1. The van der Waals surface area contributed by atoms with Crippen molar-refractivity contribution in [1.82, 2.24) is 15.3 Å². The Morgan fingerprint density at radius 1 is 1.00 bits per heavy atom. The van der Waals surface area contributed by atoms with Crippen LogP contribution in [0.5, 0.6) is 0 Å². The van der Waals surface area contributed by atoms with Crippen LogP contribution < -0.4 is 11.1 Å². The van der Waals surface area contributed by atoms with Crippen LogP contribution in [0.3, 0.4) is 0 Å². The highest BCUT2D eigenvalue weighted by molar-refractivity contribution is 6.36. The fraction of sp³-hybridized carbons (Fsp3) is 0.150. The first-order chi connectivity index (χ1) is 13.1. The first-order valence-electron chi connectivity index (χ1n) is 8.33. The van der Waals surface area contributed by atoms with E-state index in [9.17, 15) is 4.79 Å². The fourth-order valence-electron chi connectivity index (χ4n) is 2.85. The van der Waals surface area contributed by atoms with E-state index in [2.05, 4.69) is 15.3 Å². The number of benzene rings is 1. The number of aromatic nitrogens is 2. The zero-order chi connectivity index (χ0) is 19.2. The first-order valence-corrected chi connectivity index (χ1v) is 9.09. The van der Waals surface area contributed by atoms with Gasteiger partial charge in [-0.1, -0.05) is 35.3 Å². The second-order valence-corrected chi connectivity index (χ2v) is 6.85. The normalized spacial score (nSPS) is 11.9. The Morgan fingerprint density at radius 3 is 2.41 bits per heavy atom. The second-order valence-electron chi connectivity index (χ2n) is 6.03. The monoisotopic (exact) mass is 400 g/mol. The van der Waals surface area contributed by atoms with Crippen molar-refractivity contribution < 1.29 is 4.79 Å². The van der Waals surface area contributed by atoms with Crippen LogP contribution in [0, 0.1) is 0 Å². The Morgan fingerprint density at radius 2 is 1.74 bits per heavy atom. The van der Waals surface area contributed by atoms with Crippen molar-refractivity contribution in [2.24, 2.45) is 5.73 Å². The van der Waals surface area contributed by atoms with E-state index >= 15 is 0 Å². The summed E-state index contributed by atoms with van der Waals surface area (Å²) in [7, 11) is 0. The lowest BCUT2D eigenvalue weighted by molar-refractivity contribution is -0.120. The highest BCUT2D eigenvalue weighted by Crippen LogP contribution is 2.30. The number of rotatable bonds is 7. The van der Waals surface area contributed by atoms with E-state index in [1.807, 2.05) is 30.6 Å². The second kappa shape index (κ2) is 8.95. The smallest absolute Gasteiger partial charge is 0.239 e. The van der Waals surface area contributed by atoms with Gasteiger partial charge in [-0.25, -0.2) is 0 Å². The van der Waals surface area contributed by atoms with Gasteiger partial charge in [-0.2, -0.15) is 0 Å². The van der Waals surface area contributed by atoms with Gasteiger partial charge in [-0.05, 0) is 41.0 Å². The van der Waals surface area contributed by atoms with Crippen LogP contribution in [0.4, 0.5) is 0 Å². The van der Waals surface area contributed by atoms with E-state index in [1.54, 1.807) is 30.6 Å². The number of primary amides is 1. The molecule has 1 unspecified atom stereocenters.